The van der Waals surface area contributed by atoms with Crippen molar-refractivity contribution < 1.29 is 9.59 Å². The number of nitrogens with zero attached hydrogens (tertiary/aromatic N) is 4. The van der Waals surface area contributed by atoms with Crippen molar-refractivity contribution in [2.75, 3.05) is 6.54 Å². The van der Waals surface area contributed by atoms with Gasteiger partial charge in [0.1, 0.15) is 0 Å². The summed E-state index contributed by atoms with van der Waals surface area (Å²) in [5.41, 5.74) is 0.652. The summed E-state index contributed by atoms with van der Waals surface area (Å²) in [4.78, 5) is 26.9. The highest BCUT2D eigenvalue weighted by molar-refractivity contribution is 5.98. The van der Waals surface area contributed by atoms with Crippen molar-refractivity contribution in [2.24, 2.45) is 0 Å². The summed E-state index contributed by atoms with van der Waals surface area (Å²) < 4.78 is 1.79. The van der Waals surface area contributed by atoms with Crippen molar-refractivity contribution in [1.82, 2.24) is 25.0 Å². The smallest absolute Gasteiger partial charge is 0.289 e. The minimum atomic E-state index is -0.238. The zero-order valence-corrected chi connectivity index (χ0v) is 15.3. The maximum absolute atomic E-state index is 12.9. The summed E-state index contributed by atoms with van der Waals surface area (Å²) in [6.45, 7) is 5.15. The quantitative estimate of drug-likeness (QED) is 0.774. The Bertz CT molecular complexity index is 1020. The number of hydrogen-bond donors (Lipinski definition) is 1. The van der Waals surface area contributed by atoms with Crippen LogP contribution in [0.2, 0.25) is 0 Å². The average Bonchev–Trinajstić information content (AvgIpc) is 3.10. The first-order valence-corrected chi connectivity index (χ1v) is 9.04. The molecule has 3 aromatic rings. The maximum atomic E-state index is 12.9. The van der Waals surface area contributed by atoms with Crippen molar-refractivity contribution in [2.45, 2.75) is 33.0 Å². The summed E-state index contributed by atoms with van der Waals surface area (Å²) in [6, 6.07) is 13.7. The highest BCUT2D eigenvalue weighted by atomic mass is 16.2. The Labute approximate surface area is 157 Å². The Balaban J connectivity index is 1.54. The molecule has 2 heterocycles. The van der Waals surface area contributed by atoms with Gasteiger partial charge in [-0.1, -0.05) is 30.3 Å². The van der Waals surface area contributed by atoms with Gasteiger partial charge in [0, 0.05) is 24.7 Å². The molecule has 1 N–H and O–H groups in total. The molecule has 7 nitrogen and oxygen atoms in total. The van der Waals surface area contributed by atoms with E-state index in [1.807, 2.05) is 56.3 Å². The van der Waals surface area contributed by atoms with E-state index in [0.717, 1.165) is 10.8 Å². The fourth-order valence-electron chi connectivity index (χ4n) is 3.33. The summed E-state index contributed by atoms with van der Waals surface area (Å²) >= 11 is 0. The Morgan fingerprint density at radius 1 is 1.04 bits per heavy atom. The van der Waals surface area contributed by atoms with Crippen LogP contribution in [0.15, 0.2) is 42.5 Å². The average molecular weight is 363 g/mol. The van der Waals surface area contributed by atoms with Crippen LogP contribution in [0.25, 0.3) is 10.8 Å². The summed E-state index contributed by atoms with van der Waals surface area (Å²) in [7, 11) is 0. The molecular formula is C20H21N5O2. The number of hydrogen-bond acceptors (Lipinski definition) is 4. The molecule has 4 rings (SSSR count). The zero-order chi connectivity index (χ0) is 19.0. The molecular weight excluding hydrogens is 342 g/mol. The van der Waals surface area contributed by atoms with Crippen LogP contribution in [-0.2, 0) is 13.1 Å². The molecule has 0 radical (unpaired) electrons. The number of aromatic nitrogens is 3. The minimum Gasteiger partial charge on any atom is -0.347 e. The minimum absolute atomic E-state index is 0.0278. The van der Waals surface area contributed by atoms with Gasteiger partial charge in [-0.3, -0.25) is 9.59 Å². The van der Waals surface area contributed by atoms with Gasteiger partial charge in [0.25, 0.3) is 11.8 Å². The van der Waals surface area contributed by atoms with Gasteiger partial charge in [-0.2, -0.15) is 0 Å². The normalized spacial score (nSPS) is 13.7. The van der Waals surface area contributed by atoms with Crippen molar-refractivity contribution in [3.8, 4) is 0 Å². The van der Waals surface area contributed by atoms with E-state index in [1.54, 1.807) is 9.47 Å². The summed E-state index contributed by atoms with van der Waals surface area (Å²) in [5, 5.41) is 13.1. The molecule has 2 amide bonds. The fraction of sp³-hybridized carbons (Fsp3) is 0.300. The third-order valence-corrected chi connectivity index (χ3v) is 4.66. The second-order valence-electron chi connectivity index (χ2n) is 7.01. The third-order valence-electron chi connectivity index (χ3n) is 4.66. The second-order valence-corrected chi connectivity index (χ2v) is 7.01. The summed E-state index contributed by atoms with van der Waals surface area (Å²) in [6.07, 6.45) is 0. The molecule has 0 aliphatic carbocycles. The van der Waals surface area contributed by atoms with Gasteiger partial charge in [-0.15, -0.1) is 10.2 Å². The van der Waals surface area contributed by atoms with Gasteiger partial charge >= 0.3 is 0 Å². The van der Waals surface area contributed by atoms with Crippen LogP contribution in [0.4, 0.5) is 0 Å². The van der Waals surface area contributed by atoms with Crippen molar-refractivity contribution in [1.29, 1.82) is 0 Å². The molecule has 1 aromatic heterocycles. The lowest BCUT2D eigenvalue weighted by molar-refractivity contribution is 0.0706. The molecule has 0 unspecified atom stereocenters. The zero-order valence-electron chi connectivity index (χ0n) is 15.3. The Kier molecular flexibility index (Phi) is 4.35. The van der Waals surface area contributed by atoms with Crippen LogP contribution >= 0.6 is 0 Å². The molecule has 0 bridgehead atoms. The van der Waals surface area contributed by atoms with E-state index in [2.05, 4.69) is 15.5 Å². The highest BCUT2D eigenvalue weighted by Gasteiger charge is 2.27. The molecule has 2 aromatic carbocycles. The first kappa shape index (κ1) is 17.2. The topological polar surface area (TPSA) is 80.1 Å². The number of rotatable bonds is 3. The number of amides is 2. The van der Waals surface area contributed by atoms with Crippen LogP contribution in [0.3, 0.4) is 0 Å². The monoisotopic (exact) mass is 363 g/mol. The highest BCUT2D eigenvalue weighted by Crippen LogP contribution is 2.19. The standard InChI is InChI=1S/C20H21N5O2/c1-13(2)21-19(26)18-23-22-17-12-24(9-10-25(17)18)20(27)16-8-7-14-5-3-4-6-15(14)11-16/h3-8,11,13H,9-10,12H2,1-2H3,(H,21,26). The van der Waals surface area contributed by atoms with E-state index in [-0.39, 0.29) is 17.9 Å². The van der Waals surface area contributed by atoms with E-state index in [4.69, 9.17) is 0 Å². The lowest BCUT2D eigenvalue weighted by atomic mass is 10.1. The molecule has 0 saturated heterocycles. The second kappa shape index (κ2) is 6.83. The van der Waals surface area contributed by atoms with Gasteiger partial charge < -0.3 is 14.8 Å². The van der Waals surface area contributed by atoms with Crippen LogP contribution in [0.5, 0.6) is 0 Å². The van der Waals surface area contributed by atoms with E-state index in [0.29, 0.717) is 36.8 Å². The lowest BCUT2D eigenvalue weighted by Crippen LogP contribution is -2.40. The number of carbonyl (C=O) groups is 2. The molecule has 27 heavy (non-hydrogen) atoms. The van der Waals surface area contributed by atoms with E-state index < -0.39 is 0 Å². The van der Waals surface area contributed by atoms with Gasteiger partial charge in [0.2, 0.25) is 5.82 Å². The maximum Gasteiger partial charge on any atom is 0.289 e. The molecule has 7 heteroatoms. The molecule has 1 aliphatic heterocycles. The van der Waals surface area contributed by atoms with Gasteiger partial charge in [-0.25, -0.2) is 0 Å². The van der Waals surface area contributed by atoms with Gasteiger partial charge in [0.15, 0.2) is 5.82 Å². The molecule has 138 valence electrons. The lowest BCUT2D eigenvalue weighted by Gasteiger charge is -2.28. The summed E-state index contributed by atoms with van der Waals surface area (Å²) in [5.74, 6) is 0.655. The first-order valence-electron chi connectivity index (χ1n) is 9.04. The van der Waals surface area contributed by atoms with E-state index >= 15 is 0 Å². The largest absolute Gasteiger partial charge is 0.347 e. The predicted octanol–water partition coefficient (Wildman–Crippen LogP) is 2.23. The Morgan fingerprint density at radius 2 is 1.81 bits per heavy atom. The van der Waals surface area contributed by atoms with Crippen molar-refractivity contribution in [3.63, 3.8) is 0 Å². The van der Waals surface area contributed by atoms with Crippen molar-refractivity contribution in [3.05, 3.63) is 59.7 Å². The number of carbonyl (C=O) groups excluding carboxylic acids is 2. The number of nitrogens with one attached hydrogen (secondary N) is 1. The van der Waals surface area contributed by atoms with Crippen LogP contribution in [-0.4, -0.2) is 44.1 Å². The number of fused-ring (bicyclic) bond motifs is 2. The third kappa shape index (κ3) is 3.28. The predicted molar refractivity (Wildman–Crippen MR) is 101 cm³/mol. The molecule has 0 atom stereocenters. The van der Waals surface area contributed by atoms with Crippen LogP contribution < -0.4 is 5.32 Å². The van der Waals surface area contributed by atoms with Gasteiger partial charge in [0.05, 0.1) is 6.54 Å². The number of benzene rings is 2. The van der Waals surface area contributed by atoms with E-state index in [9.17, 15) is 9.59 Å². The van der Waals surface area contributed by atoms with Crippen LogP contribution in [0.1, 0.15) is 40.6 Å². The molecule has 0 fully saturated rings. The molecule has 0 saturated carbocycles. The van der Waals surface area contributed by atoms with E-state index in [1.165, 1.54) is 0 Å². The van der Waals surface area contributed by atoms with Crippen LogP contribution in [0, 0.1) is 0 Å². The van der Waals surface area contributed by atoms with Gasteiger partial charge in [-0.05, 0) is 36.8 Å². The molecule has 1 aliphatic rings. The first-order chi connectivity index (χ1) is 13.0. The molecule has 0 spiro atoms. The Morgan fingerprint density at radius 3 is 2.59 bits per heavy atom. The van der Waals surface area contributed by atoms with Crippen molar-refractivity contribution >= 4 is 22.6 Å². The Hall–Kier alpha value is -3.22. The fourth-order valence-corrected chi connectivity index (χ4v) is 3.33. The SMILES string of the molecule is CC(C)NC(=O)c1nnc2n1CCN(C(=O)c1ccc3ccccc3c1)C2.